The van der Waals surface area contributed by atoms with Gasteiger partial charge in [0.1, 0.15) is 0 Å². The zero-order valence-electron chi connectivity index (χ0n) is 10.8. The molecule has 104 valence electrons. The second-order valence-corrected chi connectivity index (χ2v) is 6.46. The standard InChI is InChI=1S/C13H18N2O3S/c1-10(16)11-4-2-6-13(8-11)19(17,18)15-12-5-3-7-14-9-12/h2,4,6,8,12,14-15H,3,5,7,9H2,1H3/t12-/m0/s1. The molecule has 1 fully saturated rings. The molecule has 0 amide bonds. The summed E-state index contributed by atoms with van der Waals surface area (Å²) in [7, 11) is -3.56. The molecular weight excluding hydrogens is 264 g/mol. The summed E-state index contributed by atoms with van der Waals surface area (Å²) in [4.78, 5) is 11.4. The maximum Gasteiger partial charge on any atom is 0.240 e. The Kier molecular flexibility index (Phi) is 4.34. The molecule has 2 N–H and O–H groups in total. The summed E-state index contributed by atoms with van der Waals surface area (Å²) in [5, 5.41) is 3.16. The van der Waals surface area contributed by atoms with Crippen molar-refractivity contribution in [2.75, 3.05) is 13.1 Å². The summed E-state index contributed by atoms with van der Waals surface area (Å²) >= 11 is 0. The molecule has 0 saturated carbocycles. The molecule has 0 spiro atoms. The van der Waals surface area contributed by atoms with Crippen molar-refractivity contribution in [1.82, 2.24) is 10.0 Å². The van der Waals surface area contributed by atoms with Crippen LogP contribution < -0.4 is 10.0 Å². The second kappa shape index (κ2) is 5.81. The van der Waals surface area contributed by atoms with Gasteiger partial charge in [-0.15, -0.1) is 0 Å². The maximum absolute atomic E-state index is 12.2. The first kappa shape index (κ1) is 14.2. The average Bonchev–Trinajstić information content (AvgIpc) is 2.39. The number of rotatable bonds is 4. The zero-order chi connectivity index (χ0) is 13.9. The van der Waals surface area contributed by atoms with Crippen LogP contribution in [-0.4, -0.2) is 33.3 Å². The Morgan fingerprint density at radius 2 is 2.21 bits per heavy atom. The van der Waals surface area contributed by atoms with Crippen LogP contribution in [0.1, 0.15) is 30.1 Å². The fourth-order valence-electron chi connectivity index (χ4n) is 2.12. The van der Waals surface area contributed by atoms with Crippen molar-refractivity contribution in [3.63, 3.8) is 0 Å². The third-order valence-corrected chi connectivity index (χ3v) is 4.69. The number of sulfonamides is 1. The smallest absolute Gasteiger partial charge is 0.240 e. The van der Waals surface area contributed by atoms with Crippen LogP contribution >= 0.6 is 0 Å². The molecular formula is C13H18N2O3S. The van der Waals surface area contributed by atoms with Crippen molar-refractivity contribution in [1.29, 1.82) is 0 Å². The molecule has 0 radical (unpaired) electrons. The molecule has 0 aliphatic carbocycles. The minimum atomic E-state index is -3.56. The number of Topliss-reactive ketones (excluding diaryl/α,β-unsaturated/α-hetero) is 1. The van der Waals surface area contributed by atoms with Crippen molar-refractivity contribution in [3.05, 3.63) is 29.8 Å². The fraction of sp³-hybridized carbons (Fsp3) is 0.462. The molecule has 6 heteroatoms. The minimum Gasteiger partial charge on any atom is -0.315 e. The van der Waals surface area contributed by atoms with E-state index in [-0.39, 0.29) is 16.7 Å². The number of ketones is 1. The van der Waals surface area contributed by atoms with E-state index in [4.69, 9.17) is 0 Å². The molecule has 2 rings (SSSR count). The Morgan fingerprint density at radius 3 is 2.84 bits per heavy atom. The van der Waals surface area contributed by atoms with Crippen LogP contribution in [0.5, 0.6) is 0 Å². The normalized spacial score (nSPS) is 20.2. The van der Waals surface area contributed by atoms with Crippen LogP contribution in [0.4, 0.5) is 0 Å². The maximum atomic E-state index is 12.2. The quantitative estimate of drug-likeness (QED) is 0.805. The summed E-state index contributed by atoms with van der Waals surface area (Å²) in [5.41, 5.74) is 0.407. The van der Waals surface area contributed by atoms with Gasteiger partial charge < -0.3 is 5.32 Å². The molecule has 19 heavy (non-hydrogen) atoms. The lowest BCUT2D eigenvalue weighted by Crippen LogP contribution is -2.45. The molecule has 0 unspecified atom stereocenters. The summed E-state index contributed by atoms with van der Waals surface area (Å²) in [6.45, 7) is 2.99. The van der Waals surface area contributed by atoms with Crippen LogP contribution in [-0.2, 0) is 10.0 Å². The van der Waals surface area contributed by atoms with Gasteiger partial charge in [0.2, 0.25) is 10.0 Å². The lowest BCUT2D eigenvalue weighted by atomic mass is 10.1. The average molecular weight is 282 g/mol. The number of benzene rings is 1. The Morgan fingerprint density at radius 1 is 1.42 bits per heavy atom. The predicted octanol–water partition coefficient (Wildman–Crippen LogP) is 0.919. The monoisotopic (exact) mass is 282 g/mol. The highest BCUT2D eigenvalue weighted by molar-refractivity contribution is 7.89. The number of hydrogen-bond donors (Lipinski definition) is 2. The Hall–Kier alpha value is -1.24. The number of piperidine rings is 1. The van der Waals surface area contributed by atoms with Crippen LogP contribution in [0, 0.1) is 0 Å². The van der Waals surface area contributed by atoms with E-state index < -0.39 is 10.0 Å². The van der Waals surface area contributed by atoms with Crippen molar-refractivity contribution < 1.29 is 13.2 Å². The Bertz CT molecular complexity index is 563. The molecule has 5 nitrogen and oxygen atoms in total. The lowest BCUT2D eigenvalue weighted by molar-refractivity contribution is 0.101. The van der Waals surface area contributed by atoms with E-state index in [0.717, 1.165) is 19.4 Å². The van der Waals surface area contributed by atoms with E-state index in [9.17, 15) is 13.2 Å². The van der Waals surface area contributed by atoms with E-state index in [1.807, 2.05) is 0 Å². The highest BCUT2D eigenvalue weighted by Crippen LogP contribution is 2.14. The fourth-order valence-corrected chi connectivity index (χ4v) is 3.44. The molecule has 1 heterocycles. The predicted molar refractivity (Wildman–Crippen MR) is 72.7 cm³/mol. The van der Waals surface area contributed by atoms with E-state index in [2.05, 4.69) is 10.0 Å². The Balaban J connectivity index is 2.18. The van der Waals surface area contributed by atoms with E-state index in [0.29, 0.717) is 12.1 Å². The van der Waals surface area contributed by atoms with Gasteiger partial charge in [0, 0.05) is 18.2 Å². The second-order valence-electron chi connectivity index (χ2n) is 4.75. The van der Waals surface area contributed by atoms with Crippen molar-refractivity contribution in [2.24, 2.45) is 0 Å². The zero-order valence-corrected chi connectivity index (χ0v) is 11.7. The molecule has 1 aromatic carbocycles. The first-order valence-electron chi connectivity index (χ1n) is 6.33. The summed E-state index contributed by atoms with van der Waals surface area (Å²) in [6, 6.07) is 6.04. The minimum absolute atomic E-state index is 0.0836. The Labute approximate surface area is 113 Å². The van der Waals surface area contributed by atoms with Gasteiger partial charge >= 0.3 is 0 Å². The van der Waals surface area contributed by atoms with Gasteiger partial charge in [0.25, 0.3) is 0 Å². The molecule has 0 aromatic heterocycles. The van der Waals surface area contributed by atoms with E-state index in [1.165, 1.54) is 19.1 Å². The van der Waals surface area contributed by atoms with Gasteiger partial charge in [0.15, 0.2) is 5.78 Å². The first-order chi connectivity index (χ1) is 8.99. The molecule has 1 atom stereocenters. The van der Waals surface area contributed by atoms with Crippen LogP contribution in [0.3, 0.4) is 0 Å². The van der Waals surface area contributed by atoms with Gasteiger partial charge in [-0.05, 0) is 38.4 Å². The van der Waals surface area contributed by atoms with Crippen molar-refractivity contribution in [2.45, 2.75) is 30.7 Å². The topological polar surface area (TPSA) is 75.3 Å². The van der Waals surface area contributed by atoms with Gasteiger partial charge in [0.05, 0.1) is 4.90 Å². The number of carbonyl (C=O) groups excluding carboxylic acids is 1. The van der Waals surface area contributed by atoms with Gasteiger partial charge in [-0.1, -0.05) is 12.1 Å². The summed E-state index contributed by atoms with van der Waals surface area (Å²) < 4.78 is 27.1. The molecule has 1 aliphatic heterocycles. The highest BCUT2D eigenvalue weighted by atomic mass is 32.2. The van der Waals surface area contributed by atoms with Gasteiger partial charge in [-0.2, -0.15) is 0 Å². The first-order valence-corrected chi connectivity index (χ1v) is 7.81. The SMILES string of the molecule is CC(=O)c1cccc(S(=O)(=O)N[C@H]2CCCNC2)c1. The number of nitrogens with one attached hydrogen (secondary N) is 2. The summed E-state index contributed by atoms with van der Waals surface area (Å²) in [5.74, 6) is -0.142. The van der Waals surface area contributed by atoms with Crippen molar-refractivity contribution >= 4 is 15.8 Å². The molecule has 1 aliphatic rings. The third-order valence-electron chi connectivity index (χ3n) is 3.17. The van der Waals surface area contributed by atoms with Crippen LogP contribution in [0.2, 0.25) is 0 Å². The molecule has 1 aromatic rings. The van der Waals surface area contributed by atoms with Gasteiger partial charge in [-0.3, -0.25) is 4.79 Å². The van der Waals surface area contributed by atoms with Crippen LogP contribution in [0.25, 0.3) is 0 Å². The van der Waals surface area contributed by atoms with E-state index in [1.54, 1.807) is 12.1 Å². The van der Waals surface area contributed by atoms with E-state index >= 15 is 0 Å². The number of hydrogen-bond acceptors (Lipinski definition) is 4. The van der Waals surface area contributed by atoms with Crippen molar-refractivity contribution in [3.8, 4) is 0 Å². The number of carbonyl (C=O) groups is 1. The lowest BCUT2D eigenvalue weighted by Gasteiger charge is -2.23. The van der Waals surface area contributed by atoms with Crippen LogP contribution in [0.15, 0.2) is 29.2 Å². The summed E-state index contributed by atoms with van der Waals surface area (Å²) in [6.07, 6.45) is 1.79. The highest BCUT2D eigenvalue weighted by Gasteiger charge is 2.22. The largest absolute Gasteiger partial charge is 0.315 e. The van der Waals surface area contributed by atoms with Gasteiger partial charge in [-0.25, -0.2) is 13.1 Å². The third kappa shape index (κ3) is 3.62. The molecule has 1 saturated heterocycles. The molecule has 0 bridgehead atoms.